The van der Waals surface area contributed by atoms with Gasteiger partial charge in [0.05, 0.1) is 0 Å². The normalized spacial score (nSPS) is 17.6. The predicted octanol–water partition coefficient (Wildman–Crippen LogP) is 3.35. The highest BCUT2D eigenvalue weighted by atomic mass is 35.5. The van der Waals surface area contributed by atoms with E-state index in [9.17, 15) is 4.79 Å². The first kappa shape index (κ1) is 16.8. The second-order valence-electron chi connectivity index (χ2n) is 5.99. The van der Waals surface area contributed by atoms with Crippen LogP contribution >= 0.6 is 11.6 Å². The lowest BCUT2D eigenvalue weighted by Gasteiger charge is -2.34. The summed E-state index contributed by atoms with van der Waals surface area (Å²) >= 11 is 5.88. The third-order valence-electron chi connectivity index (χ3n) is 4.16. The number of piperazine rings is 1. The number of hydrogen-bond donors (Lipinski definition) is 1. The smallest absolute Gasteiger partial charge is 0.254 e. The van der Waals surface area contributed by atoms with Crippen molar-refractivity contribution >= 4 is 17.5 Å². The second kappa shape index (κ2) is 7.69. The fraction of sp³-hybridized carbons (Fsp3) is 0.316. The minimum atomic E-state index is 0.0564. The van der Waals surface area contributed by atoms with Crippen molar-refractivity contribution in [3.8, 4) is 5.75 Å². The molecule has 24 heavy (non-hydrogen) atoms. The number of halogens is 1. The first-order chi connectivity index (χ1) is 11.6. The zero-order valence-corrected chi connectivity index (χ0v) is 14.4. The van der Waals surface area contributed by atoms with Crippen molar-refractivity contribution in [2.45, 2.75) is 19.6 Å². The Bertz CT molecular complexity index is 703. The Kier molecular flexibility index (Phi) is 5.38. The van der Waals surface area contributed by atoms with Crippen molar-refractivity contribution in [1.29, 1.82) is 0 Å². The van der Waals surface area contributed by atoms with Crippen LogP contribution in [-0.2, 0) is 6.61 Å². The van der Waals surface area contributed by atoms with Crippen LogP contribution in [0.4, 0.5) is 0 Å². The van der Waals surface area contributed by atoms with Gasteiger partial charge in [-0.25, -0.2) is 0 Å². The van der Waals surface area contributed by atoms with Gasteiger partial charge in [-0.3, -0.25) is 4.79 Å². The van der Waals surface area contributed by atoms with Gasteiger partial charge < -0.3 is 15.0 Å². The fourth-order valence-corrected chi connectivity index (χ4v) is 2.90. The molecule has 0 radical (unpaired) electrons. The maximum absolute atomic E-state index is 12.7. The van der Waals surface area contributed by atoms with E-state index < -0.39 is 0 Å². The number of nitrogens with zero attached hydrogens (tertiary/aromatic N) is 1. The van der Waals surface area contributed by atoms with Crippen LogP contribution in [0.5, 0.6) is 5.75 Å². The van der Waals surface area contributed by atoms with E-state index in [-0.39, 0.29) is 11.9 Å². The number of amides is 1. The highest BCUT2D eigenvalue weighted by Crippen LogP contribution is 2.18. The van der Waals surface area contributed by atoms with Gasteiger partial charge in [0.25, 0.3) is 5.91 Å². The number of rotatable bonds is 4. The molecule has 0 aliphatic carbocycles. The van der Waals surface area contributed by atoms with Crippen molar-refractivity contribution in [3.05, 3.63) is 64.7 Å². The average molecular weight is 345 g/mol. The largest absolute Gasteiger partial charge is 0.489 e. The Morgan fingerprint density at radius 3 is 2.83 bits per heavy atom. The van der Waals surface area contributed by atoms with Crippen LogP contribution in [-0.4, -0.2) is 36.5 Å². The molecule has 0 aromatic heterocycles. The zero-order valence-electron chi connectivity index (χ0n) is 13.7. The van der Waals surface area contributed by atoms with Crippen molar-refractivity contribution in [3.63, 3.8) is 0 Å². The van der Waals surface area contributed by atoms with Gasteiger partial charge in [-0.15, -0.1) is 0 Å². The van der Waals surface area contributed by atoms with Gasteiger partial charge in [0.2, 0.25) is 0 Å². The van der Waals surface area contributed by atoms with E-state index in [2.05, 4.69) is 12.2 Å². The lowest BCUT2D eigenvalue weighted by atomic mass is 10.1. The molecule has 1 amide bonds. The predicted molar refractivity (Wildman–Crippen MR) is 95.6 cm³/mol. The molecule has 0 saturated carbocycles. The second-order valence-corrected chi connectivity index (χ2v) is 6.43. The standard InChI is InChI=1S/C19H21ClN2O2/c1-14-12-21-9-10-22(14)19(23)16-3-2-4-18(11-16)24-13-15-5-7-17(20)8-6-15/h2-8,11,14,21H,9-10,12-13H2,1H3/t14-/m1/s1. The lowest BCUT2D eigenvalue weighted by Crippen LogP contribution is -2.52. The summed E-state index contributed by atoms with van der Waals surface area (Å²) in [5.41, 5.74) is 1.70. The van der Waals surface area contributed by atoms with E-state index in [1.807, 2.05) is 53.4 Å². The molecule has 1 aliphatic rings. The Morgan fingerprint density at radius 1 is 1.29 bits per heavy atom. The molecule has 1 atom stereocenters. The van der Waals surface area contributed by atoms with Crippen molar-refractivity contribution < 1.29 is 9.53 Å². The Balaban J connectivity index is 1.67. The molecule has 3 rings (SSSR count). The van der Waals surface area contributed by atoms with E-state index in [1.165, 1.54) is 0 Å². The van der Waals surface area contributed by atoms with Crippen molar-refractivity contribution in [2.75, 3.05) is 19.6 Å². The quantitative estimate of drug-likeness (QED) is 0.924. The molecule has 0 unspecified atom stereocenters. The number of ether oxygens (including phenoxy) is 1. The maximum atomic E-state index is 12.7. The monoisotopic (exact) mass is 344 g/mol. The fourth-order valence-electron chi connectivity index (χ4n) is 2.77. The first-order valence-corrected chi connectivity index (χ1v) is 8.50. The molecule has 1 fully saturated rings. The summed E-state index contributed by atoms with van der Waals surface area (Å²) in [5, 5.41) is 4.00. The molecule has 0 bridgehead atoms. The molecule has 2 aromatic rings. The van der Waals surface area contributed by atoms with Crippen LogP contribution in [0.25, 0.3) is 0 Å². The lowest BCUT2D eigenvalue weighted by molar-refractivity contribution is 0.0655. The molecule has 1 N–H and O–H groups in total. The third-order valence-corrected chi connectivity index (χ3v) is 4.41. The van der Waals surface area contributed by atoms with Crippen LogP contribution in [0.2, 0.25) is 5.02 Å². The van der Waals surface area contributed by atoms with Crippen LogP contribution < -0.4 is 10.1 Å². The number of benzene rings is 2. The Hall–Kier alpha value is -2.04. The molecule has 1 heterocycles. The maximum Gasteiger partial charge on any atom is 0.254 e. The van der Waals surface area contributed by atoms with Gasteiger partial charge in [0, 0.05) is 36.3 Å². The first-order valence-electron chi connectivity index (χ1n) is 8.12. The molecule has 4 nitrogen and oxygen atoms in total. The minimum Gasteiger partial charge on any atom is -0.489 e. The molecule has 2 aromatic carbocycles. The number of nitrogens with one attached hydrogen (secondary N) is 1. The van der Waals surface area contributed by atoms with Crippen LogP contribution in [0.3, 0.4) is 0 Å². The Labute approximate surface area is 147 Å². The van der Waals surface area contributed by atoms with E-state index in [0.717, 1.165) is 25.2 Å². The summed E-state index contributed by atoms with van der Waals surface area (Å²) in [6, 6.07) is 15.1. The highest BCUT2D eigenvalue weighted by molar-refractivity contribution is 6.30. The topological polar surface area (TPSA) is 41.6 Å². The number of carbonyl (C=O) groups is 1. The molecular formula is C19H21ClN2O2. The third kappa shape index (κ3) is 4.08. The van der Waals surface area contributed by atoms with Crippen molar-refractivity contribution in [2.24, 2.45) is 0 Å². The zero-order chi connectivity index (χ0) is 16.9. The molecular weight excluding hydrogens is 324 g/mol. The van der Waals surface area contributed by atoms with Crippen LogP contribution in [0, 0.1) is 0 Å². The van der Waals surface area contributed by atoms with Crippen LogP contribution in [0.15, 0.2) is 48.5 Å². The SMILES string of the molecule is C[C@@H]1CNCCN1C(=O)c1cccc(OCc2ccc(Cl)cc2)c1. The summed E-state index contributed by atoms with van der Waals surface area (Å²) in [6.45, 7) is 4.90. The van der Waals surface area contributed by atoms with Gasteiger partial charge in [-0.2, -0.15) is 0 Å². The summed E-state index contributed by atoms with van der Waals surface area (Å²) in [7, 11) is 0. The van der Waals surface area contributed by atoms with Crippen LogP contribution in [0.1, 0.15) is 22.8 Å². The Morgan fingerprint density at radius 2 is 2.08 bits per heavy atom. The summed E-state index contributed by atoms with van der Waals surface area (Å²) in [6.07, 6.45) is 0. The highest BCUT2D eigenvalue weighted by Gasteiger charge is 2.24. The van der Waals surface area contributed by atoms with Gasteiger partial charge >= 0.3 is 0 Å². The molecule has 1 saturated heterocycles. The summed E-state index contributed by atoms with van der Waals surface area (Å²) in [4.78, 5) is 14.6. The van der Waals surface area contributed by atoms with Gasteiger partial charge in [0.1, 0.15) is 12.4 Å². The van der Waals surface area contributed by atoms with Gasteiger partial charge in [0.15, 0.2) is 0 Å². The molecule has 126 valence electrons. The van der Waals surface area contributed by atoms with E-state index >= 15 is 0 Å². The minimum absolute atomic E-state index is 0.0564. The van der Waals surface area contributed by atoms with E-state index in [1.54, 1.807) is 0 Å². The van der Waals surface area contributed by atoms with E-state index in [0.29, 0.717) is 22.9 Å². The van der Waals surface area contributed by atoms with E-state index in [4.69, 9.17) is 16.3 Å². The number of hydrogen-bond acceptors (Lipinski definition) is 3. The summed E-state index contributed by atoms with van der Waals surface area (Å²) in [5.74, 6) is 0.750. The van der Waals surface area contributed by atoms with Crippen molar-refractivity contribution in [1.82, 2.24) is 10.2 Å². The summed E-state index contributed by atoms with van der Waals surface area (Å²) < 4.78 is 5.81. The van der Waals surface area contributed by atoms with Gasteiger partial charge in [-0.1, -0.05) is 29.8 Å². The molecule has 5 heteroatoms. The van der Waals surface area contributed by atoms with Gasteiger partial charge in [-0.05, 0) is 42.8 Å². The molecule has 1 aliphatic heterocycles. The average Bonchev–Trinajstić information content (AvgIpc) is 2.61. The molecule has 0 spiro atoms. The number of carbonyl (C=O) groups excluding carboxylic acids is 1.